The third-order valence-electron chi connectivity index (χ3n) is 5.81. The van der Waals surface area contributed by atoms with Gasteiger partial charge < -0.3 is 25.5 Å². The number of nitrogens with one attached hydrogen (secondary N) is 1. The summed E-state index contributed by atoms with van der Waals surface area (Å²) in [4.78, 5) is 21.8. The van der Waals surface area contributed by atoms with Gasteiger partial charge in [-0.1, -0.05) is 36.4 Å². The number of aromatic hydroxyl groups is 1. The number of ether oxygens (including phenoxy) is 1. The predicted octanol–water partition coefficient (Wildman–Crippen LogP) is 3.98. The molecule has 0 atom stereocenters. The van der Waals surface area contributed by atoms with E-state index in [1.54, 1.807) is 18.2 Å². The Balaban J connectivity index is 1.60. The largest absolute Gasteiger partial charge is 0.494 e. The van der Waals surface area contributed by atoms with E-state index in [2.05, 4.69) is 22.0 Å². The SMILES string of the molecule is NC(=O)c1ccc2c(C(=Nc3ccc(N4CCOCC4)cc3)c3ccccc3)c(O)[nH]c2c1. The quantitative estimate of drug-likeness (QED) is 0.408. The van der Waals surface area contributed by atoms with Crippen molar-refractivity contribution in [2.45, 2.75) is 0 Å². The van der Waals surface area contributed by atoms with E-state index in [9.17, 15) is 9.90 Å². The first kappa shape index (κ1) is 20.8. The molecule has 7 heteroatoms. The summed E-state index contributed by atoms with van der Waals surface area (Å²) in [5, 5.41) is 11.6. The summed E-state index contributed by atoms with van der Waals surface area (Å²) in [6.45, 7) is 3.20. The van der Waals surface area contributed by atoms with Gasteiger partial charge in [-0.25, -0.2) is 4.99 Å². The molecule has 1 aliphatic rings. The van der Waals surface area contributed by atoms with Crippen LogP contribution in [0.1, 0.15) is 21.5 Å². The molecule has 7 nitrogen and oxygen atoms in total. The van der Waals surface area contributed by atoms with Crippen molar-refractivity contribution in [2.75, 3.05) is 31.2 Å². The number of amides is 1. The highest BCUT2D eigenvalue weighted by Gasteiger charge is 2.19. The highest BCUT2D eigenvalue weighted by molar-refractivity contribution is 6.22. The number of aromatic nitrogens is 1. The number of rotatable bonds is 5. The van der Waals surface area contributed by atoms with Crippen LogP contribution >= 0.6 is 0 Å². The van der Waals surface area contributed by atoms with Crippen molar-refractivity contribution in [1.29, 1.82) is 0 Å². The molecule has 0 saturated carbocycles. The van der Waals surface area contributed by atoms with Crippen molar-refractivity contribution in [3.05, 3.63) is 89.5 Å². The highest BCUT2D eigenvalue weighted by Crippen LogP contribution is 2.32. The maximum Gasteiger partial charge on any atom is 0.248 e. The number of nitrogens with zero attached hydrogens (tertiary/aromatic N) is 2. The van der Waals surface area contributed by atoms with Crippen LogP contribution < -0.4 is 10.6 Å². The van der Waals surface area contributed by atoms with Gasteiger partial charge in [0.1, 0.15) is 0 Å². The molecule has 2 heterocycles. The molecule has 166 valence electrons. The van der Waals surface area contributed by atoms with E-state index in [1.807, 2.05) is 42.5 Å². The fourth-order valence-corrected chi connectivity index (χ4v) is 4.13. The minimum atomic E-state index is -0.523. The van der Waals surface area contributed by atoms with Crippen molar-refractivity contribution in [3.63, 3.8) is 0 Å². The number of primary amides is 1. The molecule has 33 heavy (non-hydrogen) atoms. The summed E-state index contributed by atoms with van der Waals surface area (Å²) >= 11 is 0. The minimum absolute atomic E-state index is 0.0147. The number of nitrogens with two attached hydrogens (primary N) is 1. The Hall–Kier alpha value is -4.10. The average Bonchev–Trinajstić information content (AvgIpc) is 3.18. The Bertz CT molecular complexity index is 1320. The summed E-state index contributed by atoms with van der Waals surface area (Å²) in [6.07, 6.45) is 0. The van der Waals surface area contributed by atoms with Gasteiger partial charge in [0, 0.05) is 40.8 Å². The molecule has 0 radical (unpaired) electrons. The van der Waals surface area contributed by atoms with Crippen LogP contribution in [-0.4, -0.2) is 48.0 Å². The van der Waals surface area contributed by atoms with Gasteiger partial charge in [0.25, 0.3) is 0 Å². The van der Waals surface area contributed by atoms with Crippen LogP contribution in [0.4, 0.5) is 11.4 Å². The Morgan fingerprint density at radius 2 is 1.70 bits per heavy atom. The van der Waals surface area contributed by atoms with Gasteiger partial charge in [0.05, 0.1) is 30.2 Å². The summed E-state index contributed by atoms with van der Waals surface area (Å²) in [6, 6.07) is 22.9. The molecular formula is C26H24N4O3. The summed E-state index contributed by atoms with van der Waals surface area (Å²) in [5.41, 5.74) is 10.4. The summed E-state index contributed by atoms with van der Waals surface area (Å²) < 4.78 is 5.44. The van der Waals surface area contributed by atoms with Crippen molar-refractivity contribution < 1.29 is 14.6 Å². The molecule has 1 saturated heterocycles. The van der Waals surface area contributed by atoms with E-state index < -0.39 is 5.91 Å². The normalized spacial score (nSPS) is 14.5. The highest BCUT2D eigenvalue weighted by atomic mass is 16.5. The van der Waals surface area contributed by atoms with Gasteiger partial charge in [0.15, 0.2) is 5.88 Å². The van der Waals surface area contributed by atoms with Crippen molar-refractivity contribution in [1.82, 2.24) is 4.98 Å². The van der Waals surface area contributed by atoms with Gasteiger partial charge >= 0.3 is 0 Å². The second-order valence-electron chi connectivity index (χ2n) is 7.92. The first-order valence-electron chi connectivity index (χ1n) is 10.8. The summed E-state index contributed by atoms with van der Waals surface area (Å²) in [5.74, 6) is -0.538. The van der Waals surface area contributed by atoms with Crippen LogP contribution in [0.5, 0.6) is 5.88 Å². The van der Waals surface area contributed by atoms with E-state index in [4.69, 9.17) is 15.5 Å². The Labute approximate surface area is 191 Å². The van der Waals surface area contributed by atoms with Gasteiger partial charge in [-0.2, -0.15) is 0 Å². The number of anilines is 1. The van der Waals surface area contributed by atoms with E-state index in [0.29, 0.717) is 22.4 Å². The Morgan fingerprint density at radius 3 is 2.39 bits per heavy atom. The Kier molecular flexibility index (Phi) is 5.54. The molecule has 4 aromatic rings. The lowest BCUT2D eigenvalue weighted by Gasteiger charge is -2.28. The van der Waals surface area contributed by atoms with Crippen LogP contribution in [0.3, 0.4) is 0 Å². The van der Waals surface area contributed by atoms with E-state index in [0.717, 1.165) is 48.6 Å². The monoisotopic (exact) mass is 440 g/mol. The topological polar surface area (TPSA) is 104 Å². The van der Waals surface area contributed by atoms with Gasteiger partial charge in [-0.15, -0.1) is 0 Å². The lowest BCUT2D eigenvalue weighted by atomic mass is 10.00. The first-order valence-corrected chi connectivity index (χ1v) is 10.8. The van der Waals surface area contributed by atoms with E-state index in [1.165, 1.54) is 0 Å². The van der Waals surface area contributed by atoms with Crippen LogP contribution in [0.25, 0.3) is 10.9 Å². The number of H-pyrrole nitrogens is 1. The molecule has 0 bridgehead atoms. The maximum atomic E-state index is 11.6. The van der Waals surface area contributed by atoms with Crippen molar-refractivity contribution in [2.24, 2.45) is 10.7 Å². The molecule has 1 aliphatic heterocycles. The second kappa shape index (κ2) is 8.80. The number of morpholine rings is 1. The molecule has 4 N–H and O–H groups in total. The minimum Gasteiger partial charge on any atom is -0.494 e. The second-order valence-corrected chi connectivity index (χ2v) is 7.92. The average molecular weight is 441 g/mol. The van der Waals surface area contributed by atoms with Crippen molar-refractivity contribution in [3.8, 4) is 5.88 Å². The number of aromatic amines is 1. The number of aliphatic imine (C=N–C) groups is 1. The molecule has 0 spiro atoms. The van der Waals surface area contributed by atoms with Gasteiger partial charge in [0.2, 0.25) is 5.91 Å². The van der Waals surface area contributed by atoms with E-state index in [-0.39, 0.29) is 5.88 Å². The van der Waals surface area contributed by atoms with Gasteiger partial charge in [-0.05, 0) is 36.4 Å². The van der Waals surface area contributed by atoms with Crippen molar-refractivity contribution >= 4 is 33.9 Å². The van der Waals surface area contributed by atoms with Crippen LogP contribution in [0.15, 0.2) is 77.8 Å². The van der Waals surface area contributed by atoms with Crippen LogP contribution in [0, 0.1) is 0 Å². The number of carbonyl (C=O) groups is 1. The molecule has 1 aromatic heterocycles. The molecule has 0 aliphatic carbocycles. The van der Waals surface area contributed by atoms with E-state index >= 15 is 0 Å². The maximum absolute atomic E-state index is 11.6. The number of carbonyl (C=O) groups excluding carboxylic acids is 1. The lowest BCUT2D eigenvalue weighted by Crippen LogP contribution is -2.36. The number of hydrogen-bond acceptors (Lipinski definition) is 5. The first-order chi connectivity index (χ1) is 16.1. The lowest BCUT2D eigenvalue weighted by molar-refractivity contribution is 0.100. The number of benzene rings is 3. The van der Waals surface area contributed by atoms with Crippen LogP contribution in [0.2, 0.25) is 0 Å². The zero-order valence-electron chi connectivity index (χ0n) is 18.0. The molecule has 1 fully saturated rings. The number of fused-ring (bicyclic) bond motifs is 1. The molecule has 0 unspecified atom stereocenters. The molecular weight excluding hydrogens is 416 g/mol. The molecule has 5 rings (SSSR count). The third-order valence-corrected chi connectivity index (χ3v) is 5.81. The molecule has 1 amide bonds. The van der Waals surface area contributed by atoms with Gasteiger partial charge in [-0.3, -0.25) is 4.79 Å². The molecule has 3 aromatic carbocycles. The zero-order chi connectivity index (χ0) is 22.8. The third kappa shape index (κ3) is 4.18. The van der Waals surface area contributed by atoms with Crippen LogP contribution in [-0.2, 0) is 4.74 Å². The zero-order valence-corrected chi connectivity index (χ0v) is 18.0. The fraction of sp³-hybridized carbons (Fsp3) is 0.154. The smallest absolute Gasteiger partial charge is 0.248 e. The fourth-order valence-electron chi connectivity index (χ4n) is 4.13. The Morgan fingerprint density at radius 1 is 0.970 bits per heavy atom. The standard InChI is InChI=1S/C26H24N4O3/c27-25(31)18-6-11-21-22(16-18)29-26(32)23(21)24(17-4-2-1-3-5-17)28-19-7-9-20(10-8-19)30-12-14-33-15-13-30/h1-11,16,29,32H,12-15H2,(H2,27,31). The predicted molar refractivity (Wildman–Crippen MR) is 130 cm³/mol. The number of hydrogen-bond donors (Lipinski definition) is 3. The summed E-state index contributed by atoms with van der Waals surface area (Å²) in [7, 11) is 0.